The van der Waals surface area contributed by atoms with Crippen LogP contribution in [0.5, 0.6) is 0 Å². The highest BCUT2D eigenvalue weighted by Gasteiger charge is 2.19. The summed E-state index contributed by atoms with van der Waals surface area (Å²) in [6, 6.07) is 8.05. The zero-order valence-electron chi connectivity index (χ0n) is 16.1. The lowest BCUT2D eigenvalue weighted by molar-refractivity contribution is 0.0955. The van der Waals surface area contributed by atoms with Crippen LogP contribution in [0.4, 0.5) is 8.78 Å². The lowest BCUT2D eigenvalue weighted by atomic mass is 9.98. The minimum atomic E-state index is -3.45. The predicted octanol–water partition coefficient (Wildman–Crippen LogP) is 3.34. The molecule has 2 aromatic rings. The van der Waals surface area contributed by atoms with Gasteiger partial charge < -0.3 is 5.32 Å². The summed E-state index contributed by atoms with van der Waals surface area (Å²) in [5.74, 6) is -1.80. The molecule has 2 rings (SSSR count). The van der Waals surface area contributed by atoms with Gasteiger partial charge in [-0.25, -0.2) is 21.5 Å². The predicted molar refractivity (Wildman–Crippen MR) is 106 cm³/mol. The van der Waals surface area contributed by atoms with Crippen molar-refractivity contribution in [2.45, 2.75) is 20.8 Å². The molecule has 0 aliphatic rings. The van der Waals surface area contributed by atoms with Crippen LogP contribution in [0, 0.1) is 18.6 Å². The van der Waals surface area contributed by atoms with Crippen LogP contribution in [-0.2, 0) is 10.0 Å². The maximum Gasteiger partial charge on any atom is 0.251 e. The van der Waals surface area contributed by atoms with E-state index in [4.69, 9.17) is 0 Å². The van der Waals surface area contributed by atoms with Crippen LogP contribution in [0.25, 0.3) is 11.1 Å². The van der Waals surface area contributed by atoms with E-state index in [-0.39, 0.29) is 23.4 Å². The van der Waals surface area contributed by atoms with Gasteiger partial charge in [0.25, 0.3) is 5.91 Å². The number of nitrogens with zero attached hydrogens (tertiary/aromatic N) is 1. The molecule has 1 amide bonds. The number of carbonyl (C=O) groups is 1. The van der Waals surface area contributed by atoms with Crippen molar-refractivity contribution in [2.24, 2.45) is 0 Å². The smallest absolute Gasteiger partial charge is 0.251 e. The average molecular weight is 410 g/mol. The Labute approximate surface area is 164 Å². The van der Waals surface area contributed by atoms with E-state index >= 15 is 0 Å². The molecule has 0 aliphatic heterocycles. The van der Waals surface area contributed by atoms with E-state index in [1.807, 2.05) is 0 Å². The summed E-state index contributed by atoms with van der Waals surface area (Å²) in [4.78, 5) is 12.2. The molecule has 0 bridgehead atoms. The zero-order chi connectivity index (χ0) is 20.9. The summed E-state index contributed by atoms with van der Waals surface area (Å²) >= 11 is 0. The van der Waals surface area contributed by atoms with Gasteiger partial charge in [0.15, 0.2) is 0 Å². The van der Waals surface area contributed by atoms with E-state index in [1.165, 1.54) is 34.6 Å². The van der Waals surface area contributed by atoms with Gasteiger partial charge in [0, 0.05) is 30.8 Å². The fourth-order valence-electron chi connectivity index (χ4n) is 2.95. The van der Waals surface area contributed by atoms with E-state index < -0.39 is 27.6 Å². The standard InChI is InChI=1S/C20H24F2N2O3S/c1-4-24(5-2)28(26,27)11-10-23-20(25)15-6-8-18(19(22)13-15)17-9-7-16(21)12-14(17)3/h6-9,12-13H,4-5,10-11H2,1-3H3,(H,23,25). The number of amides is 1. The van der Waals surface area contributed by atoms with Gasteiger partial charge in [-0.05, 0) is 42.3 Å². The van der Waals surface area contributed by atoms with Crippen LogP contribution in [0.15, 0.2) is 36.4 Å². The summed E-state index contributed by atoms with van der Waals surface area (Å²) in [6.07, 6.45) is 0. The van der Waals surface area contributed by atoms with Crippen molar-refractivity contribution in [3.05, 3.63) is 59.2 Å². The van der Waals surface area contributed by atoms with Crippen LogP contribution < -0.4 is 5.32 Å². The molecule has 0 aromatic heterocycles. The molecule has 0 aliphatic carbocycles. The minimum Gasteiger partial charge on any atom is -0.351 e. The number of carbonyl (C=O) groups excluding carboxylic acids is 1. The second-order valence-corrected chi connectivity index (χ2v) is 8.40. The molecule has 0 saturated heterocycles. The summed E-state index contributed by atoms with van der Waals surface area (Å²) in [7, 11) is -3.45. The Bertz CT molecular complexity index is 958. The summed E-state index contributed by atoms with van der Waals surface area (Å²) < 4.78 is 53.3. The number of aryl methyl sites for hydroxylation is 1. The number of halogens is 2. The summed E-state index contributed by atoms with van der Waals surface area (Å²) in [5.41, 5.74) is 1.47. The summed E-state index contributed by atoms with van der Waals surface area (Å²) in [6.45, 7) is 5.82. The van der Waals surface area contributed by atoms with Gasteiger partial charge in [-0.15, -0.1) is 0 Å². The first-order valence-corrected chi connectivity index (χ1v) is 10.6. The first-order chi connectivity index (χ1) is 13.2. The second kappa shape index (κ2) is 9.25. The normalized spacial score (nSPS) is 11.6. The second-order valence-electron chi connectivity index (χ2n) is 6.31. The lowest BCUT2D eigenvalue weighted by Gasteiger charge is -2.18. The Morgan fingerprint density at radius 1 is 1.04 bits per heavy atom. The maximum absolute atomic E-state index is 14.5. The lowest BCUT2D eigenvalue weighted by Crippen LogP contribution is -2.37. The van der Waals surface area contributed by atoms with Crippen molar-refractivity contribution >= 4 is 15.9 Å². The van der Waals surface area contributed by atoms with E-state index in [0.717, 1.165) is 6.07 Å². The molecule has 5 nitrogen and oxygen atoms in total. The molecule has 0 unspecified atom stereocenters. The number of hydrogen-bond donors (Lipinski definition) is 1. The van der Waals surface area contributed by atoms with Crippen LogP contribution in [-0.4, -0.2) is 44.0 Å². The molecule has 0 saturated carbocycles. The Morgan fingerprint density at radius 2 is 1.68 bits per heavy atom. The monoisotopic (exact) mass is 410 g/mol. The molecule has 1 N–H and O–H groups in total. The van der Waals surface area contributed by atoms with Gasteiger partial charge in [0.05, 0.1) is 5.75 Å². The molecular formula is C20H24F2N2O3S. The molecule has 2 aromatic carbocycles. The molecule has 8 heteroatoms. The van der Waals surface area contributed by atoms with Gasteiger partial charge in [-0.3, -0.25) is 4.79 Å². The maximum atomic E-state index is 14.5. The molecule has 0 heterocycles. The van der Waals surface area contributed by atoms with Gasteiger partial charge in [-0.2, -0.15) is 0 Å². The average Bonchev–Trinajstić information content (AvgIpc) is 2.62. The minimum absolute atomic E-state index is 0.0713. The number of rotatable bonds is 8. The topological polar surface area (TPSA) is 66.5 Å². The highest BCUT2D eigenvalue weighted by Crippen LogP contribution is 2.27. The van der Waals surface area contributed by atoms with Crippen LogP contribution in [0.1, 0.15) is 29.8 Å². The van der Waals surface area contributed by atoms with Crippen LogP contribution in [0.2, 0.25) is 0 Å². The molecule has 28 heavy (non-hydrogen) atoms. The fraction of sp³-hybridized carbons (Fsp3) is 0.350. The quantitative estimate of drug-likeness (QED) is 0.726. The summed E-state index contributed by atoms with van der Waals surface area (Å²) in [5, 5.41) is 2.50. The third kappa shape index (κ3) is 5.14. The Kier molecular flexibility index (Phi) is 7.26. The Hall–Kier alpha value is -2.32. The van der Waals surface area contributed by atoms with Crippen LogP contribution in [0.3, 0.4) is 0 Å². The van der Waals surface area contributed by atoms with Crippen molar-refractivity contribution in [3.8, 4) is 11.1 Å². The van der Waals surface area contributed by atoms with Crippen molar-refractivity contribution < 1.29 is 22.0 Å². The first-order valence-electron chi connectivity index (χ1n) is 9.01. The number of sulfonamides is 1. The van der Waals surface area contributed by atoms with E-state index in [1.54, 1.807) is 20.8 Å². The molecule has 0 fully saturated rings. The largest absolute Gasteiger partial charge is 0.351 e. The van der Waals surface area contributed by atoms with Crippen LogP contribution >= 0.6 is 0 Å². The molecular weight excluding hydrogens is 386 g/mol. The van der Waals surface area contributed by atoms with Gasteiger partial charge in [0.2, 0.25) is 10.0 Å². The van der Waals surface area contributed by atoms with E-state index in [2.05, 4.69) is 5.32 Å². The zero-order valence-corrected chi connectivity index (χ0v) is 16.9. The SMILES string of the molecule is CCN(CC)S(=O)(=O)CCNC(=O)c1ccc(-c2ccc(F)cc2C)c(F)c1. The van der Waals surface area contributed by atoms with E-state index in [0.29, 0.717) is 24.2 Å². The molecule has 0 spiro atoms. The Balaban J connectivity index is 2.08. The van der Waals surface area contributed by atoms with Crippen molar-refractivity contribution in [2.75, 3.05) is 25.4 Å². The molecule has 152 valence electrons. The van der Waals surface area contributed by atoms with Crippen molar-refractivity contribution in [1.29, 1.82) is 0 Å². The third-order valence-electron chi connectivity index (χ3n) is 4.45. The fourth-order valence-corrected chi connectivity index (χ4v) is 4.35. The third-order valence-corrected chi connectivity index (χ3v) is 6.48. The molecule has 0 atom stereocenters. The highest BCUT2D eigenvalue weighted by molar-refractivity contribution is 7.89. The number of hydrogen-bond acceptors (Lipinski definition) is 3. The first kappa shape index (κ1) is 22.0. The van der Waals surface area contributed by atoms with Gasteiger partial charge in [0.1, 0.15) is 11.6 Å². The molecule has 0 radical (unpaired) electrons. The van der Waals surface area contributed by atoms with Gasteiger partial charge in [-0.1, -0.05) is 26.0 Å². The number of benzene rings is 2. The number of nitrogens with one attached hydrogen (secondary N) is 1. The van der Waals surface area contributed by atoms with E-state index in [9.17, 15) is 22.0 Å². The van der Waals surface area contributed by atoms with Crippen molar-refractivity contribution in [3.63, 3.8) is 0 Å². The Morgan fingerprint density at radius 3 is 2.25 bits per heavy atom. The van der Waals surface area contributed by atoms with Crippen molar-refractivity contribution in [1.82, 2.24) is 9.62 Å². The van der Waals surface area contributed by atoms with Gasteiger partial charge >= 0.3 is 0 Å². The highest BCUT2D eigenvalue weighted by atomic mass is 32.2.